The zero-order valence-corrected chi connectivity index (χ0v) is 11.2. The number of rotatable bonds is 2. The Morgan fingerprint density at radius 2 is 1.88 bits per heavy atom. The fourth-order valence-corrected chi connectivity index (χ4v) is 2.08. The molecule has 0 spiro atoms. The fourth-order valence-electron chi connectivity index (χ4n) is 2.08. The van der Waals surface area contributed by atoms with Crippen molar-refractivity contribution in [1.82, 2.24) is 9.80 Å². The van der Waals surface area contributed by atoms with Crippen molar-refractivity contribution >= 4 is 5.96 Å². The molecule has 1 aliphatic rings. The third kappa shape index (κ3) is 3.67. The van der Waals surface area contributed by atoms with Gasteiger partial charge in [-0.25, -0.2) is 0 Å². The lowest BCUT2D eigenvalue weighted by Crippen LogP contribution is -2.36. The Morgan fingerprint density at radius 1 is 1.25 bits per heavy atom. The van der Waals surface area contributed by atoms with Gasteiger partial charge in [0.25, 0.3) is 0 Å². The lowest BCUT2D eigenvalue weighted by atomic mass is 9.90. The maximum absolute atomic E-state index is 5.44. The Labute approximate surface area is 99.3 Å². The molecule has 1 fully saturated rings. The van der Waals surface area contributed by atoms with Crippen LogP contribution in [-0.2, 0) is 4.74 Å². The van der Waals surface area contributed by atoms with E-state index in [1.165, 1.54) is 0 Å². The summed E-state index contributed by atoms with van der Waals surface area (Å²) in [6.07, 6.45) is 1.14. The van der Waals surface area contributed by atoms with Crippen LogP contribution in [0.2, 0.25) is 0 Å². The highest BCUT2D eigenvalue weighted by atomic mass is 16.5. The summed E-state index contributed by atoms with van der Waals surface area (Å²) in [5, 5.41) is 0. The number of guanidine groups is 1. The number of hydrogen-bond donors (Lipinski definition) is 0. The summed E-state index contributed by atoms with van der Waals surface area (Å²) in [4.78, 5) is 8.83. The van der Waals surface area contributed by atoms with Crippen LogP contribution >= 0.6 is 0 Å². The van der Waals surface area contributed by atoms with Crippen LogP contribution in [0, 0.1) is 11.8 Å². The molecule has 4 nitrogen and oxygen atoms in total. The van der Waals surface area contributed by atoms with E-state index in [4.69, 9.17) is 9.73 Å². The summed E-state index contributed by atoms with van der Waals surface area (Å²) in [7, 11) is 8.14. The topological polar surface area (TPSA) is 28.1 Å². The molecule has 0 aromatic heterocycles. The van der Waals surface area contributed by atoms with Gasteiger partial charge in [0, 0.05) is 47.9 Å². The van der Waals surface area contributed by atoms with E-state index in [1.54, 1.807) is 0 Å². The van der Waals surface area contributed by atoms with Crippen molar-refractivity contribution in [2.75, 3.05) is 47.9 Å². The molecule has 0 radical (unpaired) electrons. The third-order valence-electron chi connectivity index (χ3n) is 3.09. The number of ether oxygens (including phenoxy) is 1. The summed E-state index contributed by atoms with van der Waals surface area (Å²) < 4.78 is 5.44. The number of nitrogens with zero attached hydrogens (tertiary/aromatic N) is 3. The molecule has 2 unspecified atom stereocenters. The molecule has 4 heteroatoms. The fraction of sp³-hybridized carbons (Fsp3) is 0.917. The van der Waals surface area contributed by atoms with Gasteiger partial charge in [-0.2, -0.15) is 0 Å². The Hall–Kier alpha value is -0.770. The van der Waals surface area contributed by atoms with Gasteiger partial charge in [-0.15, -0.1) is 0 Å². The van der Waals surface area contributed by atoms with Crippen molar-refractivity contribution < 1.29 is 4.74 Å². The average molecular weight is 227 g/mol. The van der Waals surface area contributed by atoms with E-state index in [0.29, 0.717) is 11.8 Å². The zero-order chi connectivity index (χ0) is 12.1. The molecule has 0 bridgehead atoms. The molecular formula is C12H25N3O. The average Bonchev–Trinajstić information content (AvgIpc) is 2.20. The first kappa shape index (κ1) is 13.3. The summed E-state index contributed by atoms with van der Waals surface area (Å²) >= 11 is 0. The third-order valence-corrected chi connectivity index (χ3v) is 3.09. The first-order chi connectivity index (χ1) is 7.52. The smallest absolute Gasteiger partial charge is 0.195 e. The molecule has 94 valence electrons. The predicted octanol–water partition coefficient (Wildman–Crippen LogP) is 1.14. The molecular weight excluding hydrogens is 202 g/mol. The van der Waals surface area contributed by atoms with Crippen molar-refractivity contribution in [3.05, 3.63) is 0 Å². The molecule has 0 N–H and O–H groups in total. The van der Waals surface area contributed by atoms with Crippen molar-refractivity contribution in [2.45, 2.75) is 13.3 Å². The molecule has 0 saturated carbocycles. The highest BCUT2D eigenvalue weighted by Gasteiger charge is 2.21. The zero-order valence-electron chi connectivity index (χ0n) is 11.2. The molecule has 1 heterocycles. The van der Waals surface area contributed by atoms with E-state index in [1.807, 2.05) is 28.2 Å². The van der Waals surface area contributed by atoms with Gasteiger partial charge >= 0.3 is 0 Å². The van der Waals surface area contributed by atoms with Gasteiger partial charge in [0.05, 0.1) is 0 Å². The minimum Gasteiger partial charge on any atom is -0.381 e. The van der Waals surface area contributed by atoms with E-state index in [-0.39, 0.29) is 0 Å². The molecule has 1 saturated heterocycles. The van der Waals surface area contributed by atoms with Gasteiger partial charge in [0.1, 0.15) is 0 Å². The first-order valence-electron chi connectivity index (χ1n) is 5.99. The van der Waals surface area contributed by atoms with Crippen molar-refractivity contribution in [2.24, 2.45) is 16.8 Å². The largest absolute Gasteiger partial charge is 0.381 e. The Morgan fingerprint density at radius 3 is 2.38 bits per heavy atom. The molecule has 16 heavy (non-hydrogen) atoms. The van der Waals surface area contributed by atoms with Gasteiger partial charge < -0.3 is 14.5 Å². The molecule has 1 aliphatic heterocycles. The maximum atomic E-state index is 5.44. The van der Waals surface area contributed by atoms with Gasteiger partial charge in [0.2, 0.25) is 0 Å². The molecule has 0 aromatic rings. The Balaban J connectivity index is 2.54. The Bertz CT molecular complexity index is 228. The van der Waals surface area contributed by atoms with Crippen LogP contribution in [0.5, 0.6) is 0 Å². The van der Waals surface area contributed by atoms with E-state index in [9.17, 15) is 0 Å². The second kappa shape index (κ2) is 6.09. The molecule has 0 aromatic carbocycles. The van der Waals surface area contributed by atoms with Crippen LogP contribution in [-0.4, -0.2) is 63.7 Å². The van der Waals surface area contributed by atoms with Gasteiger partial charge in [-0.1, -0.05) is 6.92 Å². The van der Waals surface area contributed by atoms with E-state index in [2.05, 4.69) is 16.7 Å². The molecule has 1 rings (SSSR count). The predicted molar refractivity (Wildman–Crippen MR) is 67.8 cm³/mol. The Kier molecular flexibility index (Phi) is 5.06. The highest BCUT2D eigenvalue weighted by molar-refractivity contribution is 5.79. The van der Waals surface area contributed by atoms with Crippen molar-refractivity contribution in [3.63, 3.8) is 0 Å². The van der Waals surface area contributed by atoms with Crippen LogP contribution in [0.15, 0.2) is 4.99 Å². The van der Waals surface area contributed by atoms with Crippen LogP contribution in [0.4, 0.5) is 0 Å². The normalized spacial score (nSPS) is 25.1. The van der Waals surface area contributed by atoms with E-state index >= 15 is 0 Å². The van der Waals surface area contributed by atoms with Crippen LogP contribution < -0.4 is 0 Å². The first-order valence-corrected chi connectivity index (χ1v) is 5.99. The molecule has 0 amide bonds. The van der Waals surface area contributed by atoms with E-state index < -0.39 is 0 Å². The quantitative estimate of drug-likeness (QED) is 0.523. The van der Waals surface area contributed by atoms with E-state index in [0.717, 1.165) is 32.1 Å². The van der Waals surface area contributed by atoms with Crippen LogP contribution in [0.3, 0.4) is 0 Å². The summed E-state index contributed by atoms with van der Waals surface area (Å²) in [6.45, 7) is 4.95. The molecule has 2 atom stereocenters. The second-order valence-electron chi connectivity index (χ2n) is 5.03. The van der Waals surface area contributed by atoms with Gasteiger partial charge in [-0.05, 0) is 18.3 Å². The molecule has 0 aliphatic carbocycles. The lowest BCUT2D eigenvalue weighted by molar-refractivity contribution is 0.0272. The van der Waals surface area contributed by atoms with Crippen LogP contribution in [0.25, 0.3) is 0 Å². The number of aliphatic imine (C=N–C) groups is 1. The summed E-state index contributed by atoms with van der Waals surface area (Å²) in [5.74, 6) is 2.34. The van der Waals surface area contributed by atoms with Crippen molar-refractivity contribution in [1.29, 1.82) is 0 Å². The monoisotopic (exact) mass is 227 g/mol. The SMILES string of the molecule is CC1COCCC1CN=C(N(C)C)N(C)C. The van der Waals surface area contributed by atoms with Gasteiger partial charge in [0.15, 0.2) is 5.96 Å². The minimum absolute atomic E-state index is 0.628. The van der Waals surface area contributed by atoms with Crippen molar-refractivity contribution in [3.8, 4) is 0 Å². The lowest BCUT2D eigenvalue weighted by Gasteiger charge is -2.29. The van der Waals surface area contributed by atoms with Crippen LogP contribution in [0.1, 0.15) is 13.3 Å². The second-order valence-corrected chi connectivity index (χ2v) is 5.03. The standard InChI is InChI=1S/C12H25N3O/c1-10-9-16-7-6-11(10)8-13-12(14(2)3)15(4)5/h10-11H,6-9H2,1-5H3. The maximum Gasteiger partial charge on any atom is 0.195 e. The summed E-state index contributed by atoms with van der Waals surface area (Å²) in [6, 6.07) is 0. The summed E-state index contributed by atoms with van der Waals surface area (Å²) in [5.41, 5.74) is 0. The minimum atomic E-state index is 0.628. The van der Waals surface area contributed by atoms with Gasteiger partial charge in [-0.3, -0.25) is 4.99 Å². The highest BCUT2D eigenvalue weighted by Crippen LogP contribution is 2.21. The number of hydrogen-bond acceptors (Lipinski definition) is 2.